The molecule has 0 fully saturated rings. The predicted octanol–water partition coefficient (Wildman–Crippen LogP) is 4.57. The van der Waals surface area contributed by atoms with Crippen LogP contribution in [0.25, 0.3) is 21.9 Å². The molecule has 0 saturated carbocycles. The lowest BCUT2D eigenvalue weighted by molar-refractivity contribution is 0.0696. The molecule has 138 valence electrons. The Morgan fingerprint density at radius 1 is 1.00 bits per heavy atom. The summed E-state index contributed by atoms with van der Waals surface area (Å²) in [4.78, 5) is 11.5. The van der Waals surface area contributed by atoms with E-state index in [4.69, 9.17) is 9.47 Å². The van der Waals surface area contributed by atoms with E-state index >= 15 is 0 Å². The van der Waals surface area contributed by atoms with Crippen LogP contribution in [0.4, 0.5) is 0 Å². The number of aromatic carboxylic acids is 1. The van der Waals surface area contributed by atoms with Gasteiger partial charge in [-0.05, 0) is 52.6 Å². The van der Waals surface area contributed by atoms with Crippen molar-refractivity contribution >= 4 is 16.7 Å². The molecule has 0 aliphatic heterocycles. The highest BCUT2D eigenvalue weighted by Crippen LogP contribution is 2.56. The standard InChI is InChI=1S/C22H20O5/c1-22(2)14-9-11(21(24)25)5-6-12(14)18-15(22)10-16(23)13-7-8-17(26-3)20(27-4)19(13)18/h5-10,23H,1-4H3,(H,24,25). The fraction of sp³-hybridized carbons (Fsp3) is 0.227. The molecule has 2 N–H and O–H groups in total. The van der Waals surface area contributed by atoms with Gasteiger partial charge in [-0.2, -0.15) is 0 Å². The van der Waals surface area contributed by atoms with E-state index in [2.05, 4.69) is 0 Å². The van der Waals surface area contributed by atoms with E-state index in [0.717, 1.165) is 27.6 Å². The Balaban J connectivity index is 2.19. The van der Waals surface area contributed by atoms with E-state index in [1.54, 1.807) is 38.5 Å². The highest BCUT2D eigenvalue weighted by Gasteiger charge is 2.38. The normalized spacial score (nSPS) is 13.9. The molecule has 3 aromatic carbocycles. The summed E-state index contributed by atoms with van der Waals surface area (Å²) in [6.07, 6.45) is 0. The number of methoxy groups -OCH3 is 2. The first-order valence-corrected chi connectivity index (χ1v) is 8.60. The van der Waals surface area contributed by atoms with Crippen molar-refractivity contribution in [2.24, 2.45) is 0 Å². The third-order valence-electron chi connectivity index (χ3n) is 5.50. The molecule has 1 aliphatic carbocycles. The van der Waals surface area contributed by atoms with E-state index in [1.807, 2.05) is 26.0 Å². The molecule has 0 aromatic heterocycles. The van der Waals surface area contributed by atoms with Gasteiger partial charge in [0.2, 0.25) is 0 Å². The number of aromatic hydroxyl groups is 1. The Morgan fingerprint density at radius 2 is 1.74 bits per heavy atom. The third kappa shape index (κ3) is 2.21. The van der Waals surface area contributed by atoms with Gasteiger partial charge in [-0.3, -0.25) is 0 Å². The lowest BCUT2D eigenvalue weighted by atomic mass is 9.81. The zero-order valence-electron chi connectivity index (χ0n) is 15.6. The van der Waals surface area contributed by atoms with Gasteiger partial charge in [0.1, 0.15) is 5.75 Å². The summed E-state index contributed by atoms with van der Waals surface area (Å²) in [6.45, 7) is 4.06. The fourth-order valence-electron chi connectivity index (χ4n) is 4.14. The Kier molecular flexibility index (Phi) is 3.60. The molecule has 0 atom stereocenters. The van der Waals surface area contributed by atoms with Crippen LogP contribution in [0.1, 0.15) is 35.3 Å². The average Bonchev–Trinajstić information content (AvgIpc) is 2.87. The summed E-state index contributed by atoms with van der Waals surface area (Å²) in [7, 11) is 3.14. The quantitative estimate of drug-likeness (QED) is 0.712. The molecular formula is C22H20O5. The van der Waals surface area contributed by atoms with Crippen LogP contribution in [0.3, 0.4) is 0 Å². The number of hydrogen-bond acceptors (Lipinski definition) is 4. The maximum atomic E-state index is 11.5. The Labute approximate surface area is 156 Å². The number of ether oxygens (including phenoxy) is 2. The molecule has 0 saturated heterocycles. The van der Waals surface area contributed by atoms with Gasteiger partial charge < -0.3 is 19.7 Å². The van der Waals surface area contributed by atoms with Crippen molar-refractivity contribution in [1.82, 2.24) is 0 Å². The summed E-state index contributed by atoms with van der Waals surface area (Å²) >= 11 is 0. The van der Waals surface area contributed by atoms with Crippen molar-refractivity contribution in [2.45, 2.75) is 19.3 Å². The number of carboxylic acids is 1. The monoisotopic (exact) mass is 364 g/mol. The van der Waals surface area contributed by atoms with E-state index in [9.17, 15) is 15.0 Å². The molecule has 0 radical (unpaired) electrons. The summed E-state index contributed by atoms with van der Waals surface area (Å²) in [5, 5.41) is 21.5. The van der Waals surface area contributed by atoms with E-state index in [-0.39, 0.29) is 11.3 Å². The minimum absolute atomic E-state index is 0.157. The number of phenols is 1. The minimum Gasteiger partial charge on any atom is -0.507 e. The van der Waals surface area contributed by atoms with Crippen molar-refractivity contribution < 1.29 is 24.5 Å². The molecule has 3 aromatic rings. The lowest BCUT2D eigenvalue weighted by Crippen LogP contribution is -2.15. The Hall–Kier alpha value is -3.21. The molecule has 5 heteroatoms. The van der Waals surface area contributed by atoms with Crippen LogP contribution in [-0.4, -0.2) is 30.4 Å². The second-order valence-corrected chi connectivity index (χ2v) is 7.23. The van der Waals surface area contributed by atoms with Gasteiger partial charge in [-0.25, -0.2) is 4.79 Å². The molecule has 0 unspecified atom stereocenters. The average molecular weight is 364 g/mol. The minimum atomic E-state index is -0.962. The zero-order valence-corrected chi connectivity index (χ0v) is 15.6. The van der Waals surface area contributed by atoms with Crippen LogP contribution < -0.4 is 9.47 Å². The molecule has 1 aliphatic rings. The van der Waals surface area contributed by atoms with E-state index < -0.39 is 11.4 Å². The first-order chi connectivity index (χ1) is 12.8. The molecule has 27 heavy (non-hydrogen) atoms. The number of carboxylic acid groups (broad SMARTS) is 1. The second kappa shape index (κ2) is 5.64. The van der Waals surface area contributed by atoms with Crippen LogP contribution in [0.2, 0.25) is 0 Å². The van der Waals surface area contributed by atoms with Crippen molar-refractivity contribution in [3.8, 4) is 28.4 Å². The van der Waals surface area contributed by atoms with Crippen molar-refractivity contribution in [3.63, 3.8) is 0 Å². The summed E-state index contributed by atoms with van der Waals surface area (Å²) in [5.74, 6) is 0.319. The zero-order chi connectivity index (χ0) is 19.5. The SMILES string of the molecule is COc1ccc2c(O)cc3c(c2c1OC)-c1ccc(C(=O)O)cc1C3(C)C. The second-order valence-electron chi connectivity index (χ2n) is 7.23. The fourth-order valence-corrected chi connectivity index (χ4v) is 4.14. The van der Waals surface area contributed by atoms with Gasteiger partial charge in [0.25, 0.3) is 0 Å². The smallest absolute Gasteiger partial charge is 0.335 e. The van der Waals surface area contributed by atoms with Gasteiger partial charge in [-0.1, -0.05) is 19.9 Å². The molecule has 0 bridgehead atoms. The van der Waals surface area contributed by atoms with Crippen LogP contribution in [0, 0.1) is 0 Å². The summed E-state index contributed by atoms with van der Waals surface area (Å²) < 4.78 is 11.1. The Morgan fingerprint density at radius 3 is 2.37 bits per heavy atom. The van der Waals surface area contributed by atoms with Gasteiger partial charge in [0.15, 0.2) is 11.5 Å². The number of hydrogen-bond donors (Lipinski definition) is 2. The van der Waals surface area contributed by atoms with E-state index in [0.29, 0.717) is 16.9 Å². The molecule has 0 amide bonds. The first-order valence-electron chi connectivity index (χ1n) is 8.60. The highest BCUT2D eigenvalue weighted by atomic mass is 16.5. The Bertz CT molecular complexity index is 1110. The number of rotatable bonds is 3. The van der Waals surface area contributed by atoms with E-state index in [1.165, 1.54) is 0 Å². The van der Waals surface area contributed by atoms with Crippen molar-refractivity contribution in [2.75, 3.05) is 14.2 Å². The summed E-state index contributed by atoms with van der Waals surface area (Å²) in [6, 6.07) is 10.5. The van der Waals surface area contributed by atoms with Crippen LogP contribution >= 0.6 is 0 Å². The van der Waals surface area contributed by atoms with Crippen LogP contribution in [0.5, 0.6) is 17.2 Å². The largest absolute Gasteiger partial charge is 0.507 e. The van der Waals surface area contributed by atoms with Crippen molar-refractivity contribution in [3.05, 3.63) is 53.1 Å². The molecular weight excluding hydrogens is 344 g/mol. The number of carbonyl (C=O) groups is 1. The maximum Gasteiger partial charge on any atom is 0.335 e. The molecule has 0 spiro atoms. The molecule has 0 heterocycles. The third-order valence-corrected chi connectivity index (χ3v) is 5.50. The summed E-state index contributed by atoms with van der Waals surface area (Å²) in [5.41, 5.74) is 3.50. The first kappa shape index (κ1) is 17.2. The van der Waals surface area contributed by atoms with Crippen LogP contribution in [-0.2, 0) is 5.41 Å². The molecule has 5 nitrogen and oxygen atoms in total. The lowest BCUT2D eigenvalue weighted by Gasteiger charge is -2.22. The van der Waals surface area contributed by atoms with Gasteiger partial charge in [0.05, 0.1) is 19.8 Å². The predicted molar refractivity (Wildman–Crippen MR) is 103 cm³/mol. The number of fused-ring (bicyclic) bond motifs is 5. The van der Waals surface area contributed by atoms with Crippen LogP contribution in [0.15, 0.2) is 36.4 Å². The van der Waals surface area contributed by atoms with Gasteiger partial charge in [-0.15, -0.1) is 0 Å². The van der Waals surface area contributed by atoms with Crippen molar-refractivity contribution in [1.29, 1.82) is 0 Å². The highest BCUT2D eigenvalue weighted by molar-refractivity contribution is 6.09. The number of phenolic OH excluding ortho intramolecular Hbond substituents is 1. The number of benzene rings is 3. The topological polar surface area (TPSA) is 76.0 Å². The maximum absolute atomic E-state index is 11.5. The van der Waals surface area contributed by atoms with Gasteiger partial charge >= 0.3 is 5.97 Å². The van der Waals surface area contributed by atoms with Gasteiger partial charge in [0, 0.05) is 16.2 Å². The molecule has 4 rings (SSSR count).